The van der Waals surface area contributed by atoms with Crippen molar-refractivity contribution in [3.8, 4) is 11.4 Å². The largest absolute Gasteiger partial charge is 0.495 e. The lowest BCUT2D eigenvalue weighted by atomic mass is 10.1. The number of anilines is 1. The molecular weight excluding hydrogens is 416 g/mol. The Hall–Kier alpha value is -3.32. The monoisotopic (exact) mass is 438 g/mol. The standard InChI is InChI=1S/C23H23ClN4O3/c1-15-9-10-21(31-2)18(12-15)26-22(29)20-8-5-11-27(20)23(30)16-13-25-28(14-16)19-7-4-3-6-17(19)24/h3-4,6-7,9-10,12-14,20H,5,8,11H2,1-2H3,(H,26,29). The molecule has 1 aliphatic rings. The summed E-state index contributed by atoms with van der Waals surface area (Å²) in [5.74, 6) is 0.122. The van der Waals surface area contributed by atoms with Crippen LogP contribution in [0.5, 0.6) is 5.75 Å². The minimum Gasteiger partial charge on any atom is -0.495 e. The van der Waals surface area contributed by atoms with Crippen molar-refractivity contribution in [1.29, 1.82) is 0 Å². The summed E-state index contributed by atoms with van der Waals surface area (Å²) in [5, 5.41) is 7.74. The molecule has 1 unspecified atom stereocenters. The number of benzene rings is 2. The molecule has 0 bridgehead atoms. The molecule has 1 aromatic heterocycles. The molecule has 2 heterocycles. The lowest BCUT2D eigenvalue weighted by molar-refractivity contribution is -0.119. The first-order chi connectivity index (χ1) is 15.0. The van der Waals surface area contributed by atoms with Gasteiger partial charge in [0.05, 0.1) is 35.3 Å². The molecule has 0 radical (unpaired) electrons. The number of nitrogens with one attached hydrogen (secondary N) is 1. The highest BCUT2D eigenvalue weighted by atomic mass is 35.5. The first kappa shape index (κ1) is 20.9. The Balaban J connectivity index is 1.52. The average molecular weight is 439 g/mol. The van der Waals surface area contributed by atoms with Crippen LogP contribution in [-0.4, -0.2) is 46.2 Å². The molecule has 4 rings (SSSR count). The zero-order valence-corrected chi connectivity index (χ0v) is 18.1. The van der Waals surface area contributed by atoms with Crippen LogP contribution >= 0.6 is 11.6 Å². The number of methoxy groups -OCH3 is 1. The molecule has 1 fully saturated rings. The SMILES string of the molecule is COc1ccc(C)cc1NC(=O)C1CCCN1C(=O)c1cnn(-c2ccccc2Cl)c1. The van der Waals surface area contributed by atoms with Gasteiger partial charge in [-0.15, -0.1) is 0 Å². The van der Waals surface area contributed by atoms with Gasteiger partial charge < -0.3 is 15.0 Å². The lowest BCUT2D eigenvalue weighted by Gasteiger charge is -2.24. The van der Waals surface area contributed by atoms with Crippen LogP contribution in [0.25, 0.3) is 5.69 Å². The van der Waals surface area contributed by atoms with Gasteiger partial charge in [-0.05, 0) is 49.6 Å². The molecule has 0 spiro atoms. The highest BCUT2D eigenvalue weighted by Gasteiger charge is 2.35. The maximum absolute atomic E-state index is 13.2. The topological polar surface area (TPSA) is 76.5 Å². The number of aromatic nitrogens is 2. The Morgan fingerprint density at radius 1 is 1.23 bits per heavy atom. The molecule has 2 aromatic carbocycles. The van der Waals surface area contributed by atoms with Crippen molar-refractivity contribution < 1.29 is 14.3 Å². The minimum absolute atomic E-state index is 0.228. The predicted octanol–water partition coefficient (Wildman–Crippen LogP) is 4.09. The van der Waals surface area contributed by atoms with Crippen LogP contribution in [0.2, 0.25) is 5.02 Å². The van der Waals surface area contributed by atoms with E-state index in [1.54, 1.807) is 29.0 Å². The smallest absolute Gasteiger partial charge is 0.257 e. The van der Waals surface area contributed by atoms with Gasteiger partial charge in [0.2, 0.25) is 5.91 Å². The van der Waals surface area contributed by atoms with Crippen LogP contribution < -0.4 is 10.1 Å². The van der Waals surface area contributed by atoms with E-state index in [4.69, 9.17) is 16.3 Å². The number of aryl methyl sites for hydroxylation is 1. The molecule has 2 amide bonds. The number of halogens is 1. The van der Waals surface area contributed by atoms with Crippen molar-refractivity contribution in [2.75, 3.05) is 19.0 Å². The number of likely N-dealkylation sites (tertiary alicyclic amines) is 1. The summed E-state index contributed by atoms with van der Waals surface area (Å²) in [6.07, 6.45) is 4.50. The summed E-state index contributed by atoms with van der Waals surface area (Å²) in [6, 6.07) is 12.3. The van der Waals surface area contributed by atoms with Gasteiger partial charge in [0.25, 0.3) is 5.91 Å². The second-order valence-corrected chi connectivity index (χ2v) is 7.88. The zero-order chi connectivity index (χ0) is 22.0. The van der Waals surface area contributed by atoms with Gasteiger partial charge in [0, 0.05) is 12.7 Å². The van der Waals surface area contributed by atoms with E-state index in [1.165, 1.54) is 6.20 Å². The van der Waals surface area contributed by atoms with Crippen LogP contribution in [0.3, 0.4) is 0 Å². The Morgan fingerprint density at radius 2 is 2.03 bits per heavy atom. The third-order valence-corrected chi connectivity index (χ3v) is 5.68. The van der Waals surface area contributed by atoms with Gasteiger partial charge in [0.15, 0.2) is 0 Å². The van der Waals surface area contributed by atoms with Crippen molar-refractivity contribution in [2.24, 2.45) is 0 Å². The van der Waals surface area contributed by atoms with E-state index >= 15 is 0 Å². The fourth-order valence-corrected chi connectivity index (χ4v) is 4.01. The third kappa shape index (κ3) is 4.27. The summed E-state index contributed by atoms with van der Waals surface area (Å²) < 4.78 is 6.91. The number of rotatable bonds is 5. The van der Waals surface area contributed by atoms with E-state index in [2.05, 4.69) is 10.4 Å². The van der Waals surface area contributed by atoms with Gasteiger partial charge in [0.1, 0.15) is 11.8 Å². The van der Waals surface area contributed by atoms with E-state index in [9.17, 15) is 9.59 Å². The van der Waals surface area contributed by atoms with Gasteiger partial charge in [-0.25, -0.2) is 4.68 Å². The Bertz CT molecular complexity index is 1130. The molecule has 160 valence electrons. The molecule has 31 heavy (non-hydrogen) atoms. The molecule has 1 aliphatic heterocycles. The quantitative estimate of drug-likeness (QED) is 0.651. The van der Waals surface area contributed by atoms with Crippen LogP contribution in [0, 0.1) is 6.92 Å². The first-order valence-electron chi connectivity index (χ1n) is 10.0. The minimum atomic E-state index is -0.554. The number of amides is 2. The summed E-state index contributed by atoms with van der Waals surface area (Å²) in [5.41, 5.74) is 2.69. The molecule has 1 saturated heterocycles. The number of carbonyl (C=O) groups excluding carboxylic acids is 2. The number of para-hydroxylation sites is 1. The first-order valence-corrected chi connectivity index (χ1v) is 10.4. The van der Waals surface area contributed by atoms with Gasteiger partial charge >= 0.3 is 0 Å². The Morgan fingerprint density at radius 3 is 2.81 bits per heavy atom. The molecule has 1 atom stereocenters. The summed E-state index contributed by atoms with van der Waals surface area (Å²) in [4.78, 5) is 27.8. The summed E-state index contributed by atoms with van der Waals surface area (Å²) in [7, 11) is 1.56. The fraction of sp³-hybridized carbons (Fsp3) is 0.261. The van der Waals surface area contributed by atoms with Gasteiger partial charge in [-0.2, -0.15) is 5.10 Å². The van der Waals surface area contributed by atoms with E-state index in [0.717, 1.165) is 12.0 Å². The van der Waals surface area contributed by atoms with Crippen LogP contribution in [0.4, 0.5) is 5.69 Å². The maximum Gasteiger partial charge on any atom is 0.257 e. The normalized spacial score (nSPS) is 15.7. The van der Waals surface area contributed by atoms with Crippen LogP contribution in [0.1, 0.15) is 28.8 Å². The van der Waals surface area contributed by atoms with Crippen LogP contribution in [0.15, 0.2) is 54.9 Å². The van der Waals surface area contributed by atoms with Crippen LogP contribution in [-0.2, 0) is 4.79 Å². The molecule has 0 saturated carbocycles. The lowest BCUT2D eigenvalue weighted by Crippen LogP contribution is -2.43. The third-order valence-electron chi connectivity index (χ3n) is 5.36. The van der Waals surface area contributed by atoms with Gasteiger partial charge in [-0.3, -0.25) is 9.59 Å². The highest BCUT2D eigenvalue weighted by molar-refractivity contribution is 6.32. The van der Waals surface area contributed by atoms with E-state index in [1.807, 2.05) is 43.3 Å². The van der Waals surface area contributed by atoms with Crippen molar-refractivity contribution in [3.63, 3.8) is 0 Å². The molecule has 8 heteroatoms. The number of hydrogen-bond acceptors (Lipinski definition) is 4. The second kappa shape index (κ2) is 8.81. The van der Waals surface area contributed by atoms with E-state index < -0.39 is 6.04 Å². The molecule has 1 N–H and O–H groups in total. The summed E-state index contributed by atoms with van der Waals surface area (Å²) >= 11 is 6.23. The van der Waals surface area contributed by atoms with E-state index in [0.29, 0.717) is 40.7 Å². The van der Waals surface area contributed by atoms with Crippen molar-refractivity contribution in [3.05, 3.63) is 71.0 Å². The van der Waals surface area contributed by atoms with Gasteiger partial charge in [-0.1, -0.05) is 29.8 Å². The molecular formula is C23H23ClN4O3. The van der Waals surface area contributed by atoms with Crippen molar-refractivity contribution >= 4 is 29.1 Å². The molecule has 0 aliphatic carbocycles. The predicted molar refractivity (Wildman–Crippen MR) is 119 cm³/mol. The average Bonchev–Trinajstić information content (AvgIpc) is 3.44. The molecule has 3 aromatic rings. The molecule has 7 nitrogen and oxygen atoms in total. The maximum atomic E-state index is 13.2. The Kier molecular flexibility index (Phi) is 5.95. The fourth-order valence-electron chi connectivity index (χ4n) is 3.79. The summed E-state index contributed by atoms with van der Waals surface area (Å²) in [6.45, 7) is 2.45. The Labute approximate surface area is 185 Å². The van der Waals surface area contributed by atoms with Crippen molar-refractivity contribution in [2.45, 2.75) is 25.8 Å². The number of hydrogen-bond donors (Lipinski definition) is 1. The number of carbonyl (C=O) groups is 2. The zero-order valence-electron chi connectivity index (χ0n) is 17.3. The van der Waals surface area contributed by atoms with E-state index in [-0.39, 0.29) is 11.8 Å². The highest BCUT2D eigenvalue weighted by Crippen LogP contribution is 2.28. The number of ether oxygens (including phenoxy) is 1. The van der Waals surface area contributed by atoms with Crippen molar-refractivity contribution in [1.82, 2.24) is 14.7 Å². The number of nitrogens with zero attached hydrogens (tertiary/aromatic N) is 3. The second-order valence-electron chi connectivity index (χ2n) is 7.47.